The van der Waals surface area contributed by atoms with Crippen molar-refractivity contribution in [2.45, 2.75) is 33.2 Å². The second kappa shape index (κ2) is 17.1. The molecular formula is C27H38N4O9Si. The van der Waals surface area contributed by atoms with E-state index in [-0.39, 0.29) is 17.3 Å². The Morgan fingerprint density at radius 3 is 2.07 bits per heavy atom. The minimum absolute atomic E-state index is 0.223. The number of aliphatic carboxylic acids is 2. The number of carbonyl (C=O) groups is 3. The molecule has 2 aromatic rings. The molecule has 0 unspecified atom stereocenters. The van der Waals surface area contributed by atoms with Crippen LogP contribution in [0, 0.1) is 0 Å². The fourth-order valence-electron chi connectivity index (χ4n) is 4.01. The normalized spacial score (nSPS) is 11.4. The van der Waals surface area contributed by atoms with Gasteiger partial charge in [-0.2, -0.15) is 5.11 Å². The van der Waals surface area contributed by atoms with E-state index in [4.69, 9.17) is 28.2 Å². The Balaban J connectivity index is 2.14. The van der Waals surface area contributed by atoms with Crippen LogP contribution < -0.4 is 15.0 Å². The number of carbonyl (C=O) groups excluding carboxylic acids is 1. The predicted octanol–water partition coefficient (Wildman–Crippen LogP) is 4.25. The zero-order valence-corrected chi connectivity index (χ0v) is 24.8. The molecule has 0 atom stereocenters. The van der Waals surface area contributed by atoms with Crippen LogP contribution in [0.2, 0.25) is 6.04 Å². The molecule has 0 aliphatic carbocycles. The Morgan fingerprint density at radius 2 is 1.51 bits per heavy atom. The van der Waals surface area contributed by atoms with E-state index in [1.165, 1.54) is 19.2 Å². The van der Waals surface area contributed by atoms with Crippen molar-refractivity contribution >= 4 is 43.7 Å². The highest BCUT2D eigenvalue weighted by Gasteiger charge is 2.39. The second-order valence-electron chi connectivity index (χ2n) is 8.56. The van der Waals surface area contributed by atoms with Crippen molar-refractivity contribution < 1.29 is 42.6 Å². The average Bonchev–Trinajstić information content (AvgIpc) is 2.93. The van der Waals surface area contributed by atoms with Crippen LogP contribution in [0.1, 0.15) is 37.6 Å². The van der Waals surface area contributed by atoms with Gasteiger partial charge in [0.15, 0.2) is 0 Å². The number of nitrogens with zero attached hydrogens (tertiary/aromatic N) is 3. The first-order valence-electron chi connectivity index (χ1n) is 13.3. The summed E-state index contributed by atoms with van der Waals surface area (Å²) in [5.41, 5.74) is 1.31. The molecule has 0 spiro atoms. The van der Waals surface area contributed by atoms with E-state index in [1.54, 1.807) is 30.3 Å². The zero-order chi connectivity index (χ0) is 30.3. The molecule has 0 aromatic heterocycles. The molecule has 41 heavy (non-hydrogen) atoms. The molecule has 3 N–H and O–H groups in total. The molecule has 0 heterocycles. The van der Waals surface area contributed by atoms with Gasteiger partial charge in [0.05, 0.1) is 29.7 Å². The van der Waals surface area contributed by atoms with Gasteiger partial charge < -0.3 is 38.4 Å². The van der Waals surface area contributed by atoms with Crippen LogP contribution in [0.15, 0.2) is 52.7 Å². The van der Waals surface area contributed by atoms with Crippen LogP contribution in [0.25, 0.3) is 0 Å². The number of rotatable bonds is 19. The van der Waals surface area contributed by atoms with Crippen molar-refractivity contribution in [3.63, 3.8) is 0 Å². The van der Waals surface area contributed by atoms with E-state index < -0.39 is 33.8 Å². The number of hydrogen-bond acceptors (Lipinski definition) is 10. The lowest BCUT2D eigenvalue weighted by Gasteiger charge is -2.28. The molecule has 0 bridgehead atoms. The average molecular weight is 591 g/mol. The lowest BCUT2D eigenvalue weighted by molar-refractivity contribution is -0.136. The summed E-state index contributed by atoms with van der Waals surface area (Å²) in [6, 6.07) is 11.9. The maximum Gasteiger partial charge on any atom is 0.500 e. The van der Waals surface area contributed by atoms with Crippen LogP contribution in [-0.4, -0.2) is 83.4 Å². The first-order chi connectivity index (χ1) is 19.7. The van der Waals surface area contributed by atoms with E-state index in [2.05, 4.69) is 15.5 Å². The monoisotopic (exact) mass is 590 g/mol. The van der Waals surface area contributed by atoms with E-state index in [0.717, 1.165) is 4.90 Å². The number of carboxylic acids is 2. The number of nitrogens with one attached hydrogen (secondary N) is 1. The molecule has 0 saturated carbocycles. The van der Waals surface area contributed by atoms with Crippen molar-refractivity contribution in [2.75, 3.05) is 51.5 Å². The van der Waals surface area contributed by atoms with Gasteiger partial charge in [0.25, 0.3) is 5.91 Å². The Labute approximate surface area is 240 Å². The Bertz CT molecular complexity index is 1160. The maximum absolute atomic E-state index is 13.0. The third-order valence-corrected chi connectivity index (χ3v) is 8.77. The van der Waals surface area contributed by atoms with Gasteiger partial charge in [0, 0.05) is 38.5 Å². The number of azo groups is 1. The van der Waals surface area contributed by atoms with Crippen LogP contribution in [0.3, 0.4) is 0 Å². The van der Waals surface area contributed by atoms with Crippen molar-refractivity contribution in [3.8, 4) is 5.75 Å². The zero-order valence-electron chi connectivity index (χ0n) is 23.8. The fourth-order valence-corrected chi connectivity index (χ4v) is 6.62. The third-order valence-electron chi connectivity index (χ3n) is 5.62. The summed E-state index contributed by atoms with van der Waals surface area (Å²) in [5.74, 6) is -2.47. The highest BCUT2D eigenvalue weighted by atomic mass is 28.4. The number of hydrogen-bond donors (Lipinski definition) is 3. The van der Waals surface area contributed by atoms with Gasteiger partial charge in [-0.05, 0) is 51.5 Å². The smallest absolute Gasteiger partial charge is 0.495 e. The summed E-state index contributed by atoms with van der Waals surface area (Å²) < 4.78 is 22.9. The number of amides is 1. The molecule has 13 nitrogen and oxygen atoms in total. The topological polar surface area (TPSA) is 169 Å². The molecule has 0 aliphatic rings. The molecule has 0 aliphatic heterocycles. The quantitative estimate of drug-likeness (QED) is 0.122. The van der Waals surface area contributed by atoms with Gasteiger partial charge in [-0.15, -0.1) is 5.11 Å². The molecular weight excluding hydrogens is 552 g/mol. The highest BCUT2D eigenvalue weighted by Crippen LogP contribution is 2.33. The summed E-state index contributed by atoms with van der Waals surface area (Å²) in [6.07, 6.45) is 0.606. The lowest BCUT2D eigenvalue weighted by atomic mass is 10.1. The van der Waals surface area contributed by atoms with Gasteiger partial charge in [0.1, 0.15) is 18.8 Å². The van der Waals surface area contributed by atoms with Gasteiger partial charge in [-0.1, -0.05) is 12.1 Å². The van der Waals surface area contributed by atoms with Crippen molar-refractivity contribution in [1.82, 2.24) is 5.32 Å². The Kier molecular flexibility index (Phi) is 13.9. The van der Waals surface area contributed by atoms with Crippen LogP contribution in [0.4, 0.5) is 17.1 Å². The largest absolute Gasteiger partial charge is 0.500 e. The molecule has 0 saturated heterocycles. The molecule has 1 amide bonds. The SMILES string of the molecule is CCO[Si](CCCNC(=O)c1ccccc1/N=N/c1ccc(N(CC(=O)O)CC(=O)O)c(OC)c1)(OCC)OCC. The highest BCUT2D eigenvalue weighted by molar-refractivity contribution is 6.60. The lowest BCUT2D eigenvalue weighted by Crippen LogP contribution is -2.46. The first kappa shape index (κ1) is 33.4. The number of methoxy groups -OCH3 is 1. The number of carboxylic acid groups (broad SMARTS) is 2. The van der Waals surface area contributed by atoms with Crippen molar-refractivity contribution in [3.05, 3.63) is 48.0 Å². The van der Waals surface area contributed by atoms with E-state index in [9.17, 15) is 14.4 Å². The number of anilines is 1. The molecule has 0 fully saturated rings. The third kappa shape index (κ3) is 10.6. The number of ether oxygens (including phenoxy) is 1. The van der Waals surface area contributed by atoms with Crippen LogP contribution >= 0.6 is 0 Å². The molecule has 2 aromatic carbocycles. The van der Waals surface area contributed by atoms with Gasteiger partial charge in [-0.25, -0.2) is 0 Å². The minimum Gasteiger partial charge on any atom is -0.495 e. The molecule has 2 rings (SSSR count). The van der Waals surface area contributed by atoms with E-state index in [1.807, 2.05) is 20.8 Å². The van der Waals surface area contributed by atoms with Crippen molar-refractivity contribution in [2.24, 2.45) is 10.2 Å². The summed E-state index contributed by atoms with van der Waals surface area (Å²) in [4.78, 5) is 36.6. The second-order valence-corrected chi connectivity index (χ2v) is 11.3. The summed E-state index contributed by atoms with van der Waals surface area (Å²) in [7, 11) is -1.42. The summed E-state index contributed by atoms with van der Waals surface area (Å²) in [6.45, 7) is 6.45. The molecule has 0 radical (unpaired) electrons. The predicted molar refractivity (Wildman–Crippen MR) is 153 cm³/mol. The number of benzene rings is 2. The standard InChI is InChI=1S/C27H38N4O9Si/c1-5-38-41(39-6-2,40-7-3)16-10-15-28-27(36)21-11-8-9-12-22(21)30-29-20-13-14-23(24(17-20)37-4)31(18-25(32)33)19-26(34)35/h8-9,11-14,17H,5-7,10,15-16,18-19H2,1-4H3,(H,28,36)(H,32,33)(H,34,35)/b30-29+. The van der Waals surface area contributed by atoms with Gasteiger partial charge in [-0.3, -0.25) is 14.4 Å². The fraction of sp³-hybridized carbons (Fsp3) is 0.444. The van der Waals surface area contributed by atoms with E-state index in [0.29, 0.717) is 55.8 Å². The van der Waals surface area contributed by atoms with Crippen LogP contribution in [0.5, 0.6) is 5.75 Å². The Morgan fingerprint density at radius 1 is 0.902 bits per heavy atom. The molecule has 14 heteroatoms. The van der Waals surface area contributed by atoms with E-state index >= 15 is 0 Å². The maximum atomic E-state index is 13.0. The minimum atomic E-state index is -2.80. The molecule has 224 valence electrons. The first-order valence-corrected chi connectivity index (χ1v) is 15.2. The van der Waals surface area contributed by atoms with Crippen molar-refractivity contribution in [1.29, 1.82) is 0 Å². The van der Waals surface area contributed by atoms with Gasteiger partial charge in [0.2, 0.25) is 0 Å². The summed E-state index contributed by atoms with van der Waals surface area (Å²) in [5, 5.41) is 29.7. The van der Waals surface area contributed by atoms with Gasteiger partial charge >= 0.3 is 20.7 Å². The summed E-state index contributed by atoms with van der Waals surface area (Å²) >= 11 is 0. The Hall–Kier alpha value is -3.85. The van der Waals surface area contributed by atoms with Crippen LogP contribution in [-0.2, 0) is 22.9 Å².